The highest BCUT2D eigenvalue weighted by Crippen LogP contribution is 2.12. The molecule has 0 aliphatic heterocycles. The second-order valence-electron chi connectivity index (χ2n) is 3.71. The summed E-state index contributed by atoms with van der Waals surface area (Å²) in [5.41, 5.74) is 1.18. The smallest absolute Gasteiger partial charge is 0.341 e. The summed E-state index contributed by atoms with van der Waals surface area (Å²) in [4.78, 5) is 11.7. The van der Waals surface area contributed by atoms with Gasteiger partial charge >= 0.3 is 5.97 Å². The Morgan fingerprint density at radius 3 is 2.83 bits per heavy atom. The molecule has 2 heterocycles. The number of esters is 1. The van der Waals surface area contributed by atoms with Crippen molar-refractivity contribution in [1.82, 2.24) is 19.6 Å². The third-order valence-electron chi connectivity index (χ3n) is 2.47. The van der Waals surface area contributed by atoms with Gasteiger partial charge in [0.05, 0.1) is 36.3 Å². The second-order valence-corrected chi connectivity index (χ2v) is 4.14. The van der Waals surface area contributed by atoms with E-state index in [0.29, 0.717) is 23.7 Å². The van der Waals surface area contributed by atoms with E-state index in [4.69, 9.17) is 16.3 Å². The van der Waals surface area contributed by atoms with Gasteiger partial charge in [-0.05, 0) is 6.92 Å². The molecule has 0 saturated carbocycles. The molecule has 7 heteroatoms. The Bertz CT molecular complexity index is 561. The predicted octanol–water partition coefficient (Wildman–Crippen LogP) is 1.50. The van der Waals surface area contributed by atoms with Gasteiger partial charge in [0.2, 0.25) is 0 Å². The summed E-state index contributed by atoms with van der Waals surface area (Å²) in [6, 6.07) is 0. The zero-order chi connectivity index (χ0) is 13.1. The maximum Gasteiger partial charge on any atom is 0.341 e. The molecule has 0 aliphatic rings. The fourth-order valence-electron chi connectivity index (χ4n) is 1.61. The Balaban J connectivity index is 2.26. The predicted molar refractivity (Wildman–Crippen MR) is 65.5 cm³/mol. The number of rotatable bonds is 4. The minimum atomic E-state index is -0.376. The number of hydrogen-bond donors (Lipinski definition) is 0. The van der Waals surface area contributed by atoms with Crippen molar-refractivity contribution in [1.29, 1.82) is 0 Å². The molecule has 18 heavy (non-hydrogen) atoms. The minimum absolute atomic E-state index is 0.334. The standard InChI is InChI=1S/C11H13ClN4O2/c1-3-18-11(17)9-5-13-15(2)10(9)7-16-6-8(12)4-14-16/h4-6H,3,7H2,1-2H3. The average Bonchev–Trinajstić information content (AvgIpc) is 2.88. The third kappa shape index (κ3) is 2.53. The van der Waals surface area contributed by atoms with Gasteiger partial charge < -0.3 is 4.74 Å². The van der Waals surface area contributed by atoms with Crippen LogP contribution in [-0.4, -0.2) is 32.1 Å². The molecule has 0 N–H and O–H groups in total. The molecular formula is C11H13ClN4O2. The molecule has 0 fully saturated rings. The van der Waals surface area contributed by atoms with Crippen LogP contribution < -0.4 is 0 Å². The molecule has 96 valence electrons. The first-order valence-corrected chi connectivity index (χ1v) is 5.85. The van der Waals surface area contributed by atoms with E-state index in [9.17, 15) is 4.79 Å². The van der Waals surface area contributed by atoms with Crippen LogP contribution >= 0.6 is 11.6 Å². The third-order valence-corrected chi connectivity index (χ3v) is 2.67. The van der Waals surface area contributed by atoms with E-state index < -0.39 is 0 Å². The molecule has 0 spiro atoms. The summed E-state index contributed by atoms with van der Waals surface area (Å²) < 4.78 is 8.24. The summed E-state index contributed by atoms with van der Waals surface area (Å²) in [7, 11) is 1.77. The van der Waals surface area contributed by atoms with E-state index >= 15 is 0 Å². The summed E-state index contributed by atoms with van der Waals surface area (Å²) in [5.74, 6) is -0.376. The van der Waals surface area contributed by atoms with Gasteiger partial charge in [-0.2, -0.15) is 10.2 Å². The number of carbonyl (C=O) groups is 1. The van der Waals surface area contributed by atoms with E-state index in [0.717, 1.165) is 5.69 Å². The van der Waals surface area contributed by atoms with Crippen molar-refractivity contribution >= 4 is 17.6 Å². The van der Waals surface area contributed by atoms with Crippen molar-refractivity contribution in [3.63, 3.8) is 0 Å². The Labute approximate surface area is 109 Å². The summed E-state index contributed by atoms with van der Waals surface area (Å²) in [6.45, 7) is 2.51. The Hall–Kier alpha value is -1.82. The lowest BCUT2D eigenvalue weighted by Gasteiger charge is -2.06. The molecule has 0 atom stereocenters. The number of nitrogens with zero attached hydrogens (tertiary/aromatic N) is 4. The van der Waals surface area contributed by atoms with E-state index in [-0.39, 0.29) is 5.97 Å². The van der Waals surface area contributed by atoms with Crippen LogP contribution in [0.1, 0.15) is 23.0 Å². The molecular weight excluding hydrogens is 256 g/mol. The highest BCUT2D eigenvalue weighted by molar-refractivity contribution is 6.30. The highest BCUT2D eigenvalue weighted by atomic mass is 35.5. The van der Waals surface area contributed by atoms with Crippen molar-refractivity contribution in [2.75, 3.05) is 6.61 Å². The van der Waals surface area contributed by atoms with Gasteiger partial charge in [0, 0.05) is 13.2 Å². The normalized spacial score (nSPS) is 10.6. The topological polar surface area (TPSA) is 61.9 Å². The van der Waals surface area contributed by atoms with Crippen LogP contribution in [0.4, 0.5) is 0 Å². The quantitative estimate of drug-likeness (QED) is 0.789. The summed E-state index contributed by atoms with van der Waals surface area (Å²) in [5, 5.41) is 8.69. The molecule has 2 aromatic rings. The van der Waals surface area contributed by atoms with Crippen LogP contribution in [0.3, 0.4) is 0 Å². The molecule has 2 rings (SSSR count). The lowest BCUT2D eigenvalue weighted by atomic mass is 10.2. The van der Waals surface area contributed by atoms with Gasteiger partial charge in [0.15, 0.2) is 0 Å². The number of halogens is 1. The Morgan fingerprint density at radius 2 is 2.22 bits per heavy atom. The molecule has 0 aromatic carbocycles. The highest BCUT2D eigenvalue weighted by Gasteiger charge is 2.17. The first kappa shape index (κ1) is 12.6. The van der Waals surface area contributed by atoms with Crippen molar-refractivity contribution < 1.29 is 9.53 Å². The number of aryl methyl sites for hydroxylation is 1. The summed E-state index contributed by atoms with van der Waals surface area (Å²) >= 11 is 5.80. The molecule has 0 unspecified atom stereocenters. The summed E-state index contributed by atoms with van der Waals surface area (Å²) in [6.07, 6.45) is 4.73. The number of hydrogen-bond acceptors (Lipinski definition) is 4. The van der Waals surface area contributed by atoms with Crippen LogP contribution in [-0.2, 0) is 18.3 Å². The first-order valence-electron chi connectivity index (χ1n) is 5.47. The van der Waals surface area contributed by atoms with Crippen LogP contribution in [0, 0.1) is 0 Å². The fraction of sp³-hybridized carbons (Fsp3) is 0.364. The van der Waals surface area contributed by atoms with Gasteiger partial charge in [-0.25, -0.2) is 4.79 Å². The SMILES string of the molecule is CCOC(=O)c1cnn(C)c1Cn1cc(Cl)cn1. The van der Waals surface area contributed by atoms with Crippen molar-refractivity contribution in [2.45, 2.75) is 13.5 Å². The van der Waals surface area contributed by atoms with E-state index in [1.165, 1.54) is 6.20 Å². The largest absolute Gasteiger partial charge is 0.462 e. The van der Waals surface area contributed by atoms with Crippen molar-refractivity contribution in [3.8, 4) is 0 Å². The van der Waals surface area contributed by atoms with Gasteiger partial charge in [-0.15, -0.1) is 0 Å². The Morgan fingerprint density at radius 1 is 1.44 bits per heavy atom. The molecule has 2 aromatic heterocycles. The van der Waals surface area contributed by atoms with E-state index in [1.54, 1.807) is 35.7 Å². The van der Waals surface area contributed by atoms with Gasteiger partial charge in [-0.1, -0.05) is 11.6 Å². The number of aromatic nitrogens is 4. The minimum Gasteiger partial charge on any atom is -0.462 e. The van der Waals surface area contributed by atoms with Crippen LogP contribution in [0.15, 0.2) is 18.6 Å². The second kappa shape index (κ2) is 5.22. The van der Waals surface area contributed by atoms with Gasteiger partial charge in [0.1, 0.15) is 5.56 Å². The van der Waals surface area contributed by atoms with E-state index in [2.05, 4.69) is 10.2 Å². The zero-order valence-electron chi connectivity index (χ0n) is 10.1. The molecule has 0 amide bonds. The Kier molecular flexibility index (Phi) is 3.66. The molecule has 0 radical (unpaired) electrons. The van der Waals surface area contributed by atoms with Crippen molar-refractivity contribution in [2.24, 2.45) is 7.05 Å². The molecule has 0 aliphatic carbocycles. The number of ether oxygens (including phenoxy) is 1. The van der Waals surface area contributed by atoms with E-state index in [1.807, 2.05) is 0 Å². The number of carbonyl (C=O) groups excluding carboxylic acids is 1. The van der Waals surface area contributed by atoms with Crippen molar-refractivity contribution in [3.05, 3.63) is 34.9 Å². The monoisotopic (exact) mass is 268 g/mol. The van der Waals surface area contributed by atoms with Crippen LogP contribution in [0.25, 0.3) is 0 Å². The lowest BCUT2D eigenvalue weighted by Crippen LogP contribution is -2.12. The first-order chi connectivity index (χ1) is 8.61. The lowest BCUT2D eigenvalue weighted by molar-refractivity contribution is 0.0524. The maximum atomic E-state index is 11.7. The molecule has 6 nitrogen and oxygen atoms in total. The average molecular weight is 269 g/mol. The van der Waals surface area contributed by atoms with Crippen LogP contribution in [0.5, 0.6) is 0 Å². The van der Waals surface area contributed by atoms with Gasteiger partial charge in [-0.3, -0.25) is 9.36 Å². The maximum absolute atomic E-state index is 11.7. The van der Waals surface area contributed by atoms with Gasteiger partial charge in [0.25, 0.3) is 0 Å². The molecule has 0 saturated heterocycles. The fourth-order valence-corrected chi connectivity index (χ4v) is 1.76. The molecule has 0 bridgehead atoms. The van der Waals surface area contributed by atoms with Crippen LogP contribution in [0.2, 0.25) is 5.02 Å². The zero-order valence-corrected chi connectivity index (χ0v) is 10.9.